The summed E-state index contributed by atoms with van der Waals surface area (Å²) in [5.74, 6) is -0.0688. The first-order chi connectivity index (χ1) is 10.6. The lowest BCUT2D eigenvalue weighted by Gasteiger charge is -2.22. The van der Waals surface area contributed by atoms with E-state index in [1.165, 1.54) is 0 Å². The summed E-state index contributed by atoms with van der Waals surface area (Å²) in [5, 5.41) is 11.2. The maximum Gasteiger partial charge on any atom is 0.243 e. The predicted octanol–water partition coefficient (Wildman–Crippen LogP) is 0.880. The first-order valence-corrected chi connectivity index (χ1v) is 7.68. The molecule has 1 unspecified atom stereocenters. The number of aromatic amines is 1. The zero-order chi connectivity index (χ0) is 15.7. The van der Waals surface area contributed by atoms with Crippen molar-refractivity contribution < 1.29 is 4.79 Å². The lowest BCUT2D eigenvalue weighted by molar-refractivity contribution is -0.123. The second-order valence-corrected chi connectivity index (χ2v) is 5.78. The lowest BCUT2D eigenvalue weighted by Crippen LogP contribution is -2.42. The molecule has 118 valence electrons. The fraction of sp³-hybridized carbons (Fsp3) is 0.500. The predicted molar refractivity (Wildman–Crippen MR) is 82.8 cm³/mol. The molecule has 1 aliphatic rings. The molecule has 2 aromatic rings. The highest BCUT2D eigenvalue weighted by Crippen LogP contribution is 2.20. The number of nitrogens with one attached hydrogen (secondary N) is 3. The lowest BCUT2D eigenvalue weighted by atomic mass is 10.1. The van der Waals surface area contributed by atoms with E-state index in [0.29, 0.717) is 18.1 Å². The van der Waals surface area contributed by atoms with Gasteiger partial charge in [-0.25, -0.2) is 4.98 Å². The van der Waals surface area contributed by atoms with Crippen molar-refractivity contribution in [3.63, 3.8) is 0 Å². The molecule has 2 aromatic heterocycles. The molecule has 1 atom stereocenters. The number of halogens is 1. The summed E-state index contributed by atoms with van der Waals surface area (Å²) < 4.78 is 1.81. The molecule has 0 saturated carbocycles. The number of aryl methyl sites for hydroxylation is 1. The Balaban J connectivity index is 1.59. The van der Waals surface area contributed by atoms with E-state index in [2.05, 4.69) is 25.7 Å². The van der Waals surface area contributed by atoms with Gasteiger partial charge in [-0.1, -0.05) is 11.6 Å². The summed E-state index contributed by atoms with van der Waals surface area (Å²) >= 11 is 6.11. The van der Waals surface area contributed by atoms with Gasteiger partial charge >= 0.3 is 0 Å². The summed E-state index contributed by atoms with van der Waals surface area (Å²) in [6.07, 6.45) is 2.50. The number of nitrogens with zero attached hydrogens (tertiary/aromatic N) is 3. The molecule has 7 nitrogen and oxygen atoms in total. The Morgan fingerprint density at radius 3 is 3.09 bits per heavy atom. The summed E-state index contributed by atoms with van der Waals surface area (Å²) in [6, 6.07) is -0.390. The second kappa shape index (κ2) is 6.10. The molecule has 3 N–H and O–H groups in total. The Hall–Kier alpha value is -1.86. The van der Waals surface area contributed by atoms with Crippen LogP contribution in [0.5, 0.6) is 0 Å². The molecule has 0 fully saturated rings. The van der Waals surface area contributed by atoms with Gasteiger partial charge in [-0.15, -0.1) is 0 Å². The SMILES string of the molecule is Cc1nn(CCNC(=O)C2NCCc3[nH]cnc32)c(C)c1Cl. The maximum atomic E-state index is 12.3. The van der Waals surface area contributed by atoms with Crippen molar-refractivity contribution in [3.8, 4) is 0 Å². The van der Waals surface area contributed by atoms with Crippen LogP contribution in [0.4, 0.5) is 0 Å². The van der Waals surface area contributed by atoms with Gasteiger partial charge in [-0.05, 0) is 13.8 Å². The van der Waals surface area contributed by atoms with Gasteiger partial charge in [0.1, 0.15) is 6.04 Å². The van der Waals surface area contributed by atoms with Crippen LogP contribution in [-0.4, -0.2) is 38.7 Å². The Kier molecular flexibility index (Phi) is 4.17. The molecule has 0 spiro atoms. The van der Waals surface area contributed by atoms with Gasteiger partial charge in [-0.2, -0.15) is 5.10 Å². The molecule has 1 amide bonds. The zero-order valence-electron chi connectivity index (χ0n) is 12.6. The van der Waals surface area contributed by atoms with Crippen molar-refractivity contribution in [2.45, 2.75) is 32.9 Å². The summed E-state index contributed by atoms with van der Waals surface area (Å²) in [5.41, 5.74) is 3.54. The number of imidazole rings is 1. The molecule has 3 heterocycles. The Labute approximate surface area is 133 Å². The number of H-pyrrole nitrogens is 1. The normalized spacial score (nSPS) is 17.3. The number of hydrogen-bond acceptors (Lipinski definition) is 4. The molecule has 0 aromatic carbocycles. The van der Waals surface area contributed by atoms with Crippen LogP contribution in [0, 0.1) is 13.8 Å². The van der Waals surface area contributed by atoms with Crippen molar-refractivity contribution in [2.24, 2.45) is 0 Å². The molecule has 0 aliphatic carbocycles. The molecular formula is C14H19ClN6O. The summed E-state index contributed by atoms with van der Waals surface area (Å²) in [7, 11) is 0. The first kappa shape index (κ1) is 15.1. The van der Waals surface area contributed by atoms with Gasteiger partial charge in [0.15, 0.2) is 0 Å². The van der Waals surface area contributed by atoms with Gasteiger partial charge < -0.3 is 15.6 Å². The highest BCUT2D eigenvalue weighted by molar-refractivity contribution is 6.31. The van der Waals surface area contributed by atoms with Crippen LogP contribution < -0.4 is 10.6 Å². The number of rotatable bonds is 4. The summed E-state index contributed by atoms with van der Waals surface area (Å²) in [6.45, 7) is 5.64. The van der Waals surface area contributed by atoms with E-state index in [0.717, 1.165) is 35.7 Å². The van der Waals surface area contributed by atoms with Crippen molar-refractivity contribution in [2.75, 3.05) is 13.1 Å². The Bertz CT molecular complexity index is 692. The van der Waals surface area contributed by atoms with Crippen molar-refractivity contribution in [3.05, 3.63) is 34.1 Å². The quantitative estimate of drug-likeness (QED) is 0.780. The number of fused-ring (bicyclic) bond motifs is 1. The molecule has 8 heteroatoms. The van der Waals surface area contributed by atoms with Crippen molar-refractivity contribution in [1.29, 1.82) is 0 Å². The molecule has 1 aliphatic heterocycles. The highest BCUT2D eigenvalue weighted by atomic mass is 35.5. The number of carbonyl (C=O) groups is 1. The van der Waals surface area contributed by atoms with Crippen LogP contribution >= 0.6 is 11.6 Å². The minimum Gasteiger partial charge on any atom is -0.353 e. The molecule has 0 saturated heterocycles. The summed E-state index contributed by atoms with van der Waals surface area (Å²) in [4.78, 5) is 19.6. The van der Waals surface area contributed by atoms with Gasteiger partial charge in [0.05, 0.1) is 35.0 Å². The third kappa shape index (κ3) is 2.74. The van der Waals surface area contributed by atoms with Crippen molar-refractivity contribution >= 4 is 17.5 Å². The Morgan fingerprint density at radius 2 is 2.36 bits per heavy atom. The van der Waals surface area contributed by atoms with Crippen LogP contribution in [0.15, 0.2) is 6.33 Å². The molecule has 3 rings (SSSR count). The monoisotopic (exact) mass is 322 g/mol. The van der Waals surface area contributed by atoms with Gasteiger partial charge in [0.2, 0.25) is 5.91 Å². The minimum absolute atomic E-state index is 0.0688. The molecule has 22 heavy (non-hydrogen) atoms. The maximum absolute atomic E-state index is 12.3. The largest absolute Gasteiger partial charge is 0.353 e. The van der Waals surface area contributed by atoms with E-state index in [1.54, 1.807) is 6.33 Å². The van der Waals surface area contributed by atoms with E-state index in [1.807, 2.05) is 18.5 Å². The number of aromatic nitrogens is 4. The van der Waals surface area contributed by atoms with Crippen LogP contribution in [0.1, 0.15) is 28.8 Å². The second-order valence-electron chi connectivity index (χ2n) is 5.40. The van der Waals surface area contributed by atoms with Crippen LogP contribution in [0.3, 0.4) is 0 Å². The average molecular weight is 323 g/mol. The fourth-order valence-corrected chi connectivity index (χ4v) is 2.85. The van der Waals surface area contributed by atoms with E-state index >= 15 is 0 Å². The number of carbonyl (C=O) groups excluding carboxylic acids is 1. The van der Waals surface area contributed by atoms with Gasteiger partial charge in [0, 0.05) is 25.2 Å². The van der Waals surface area contributed by atoms with Gasteiger partial charge in [-0.3, -0.25) is 9.48 Å². The highest BCUT2D eigenvalue weighted by Gasteiger charge is 2.28. The van der Waals surface area contributed by atoms with Crippen LogP contribution in [-0.2, 0) is 17.8 Å². The van der Waals surface area contributed by atoms with Crippen molar-refractivity contribution in [1.82, 2.24) is 30.4 Å². The van der Waals surface area contributed by atoms with E-state index < -0.39 is 0 Å². The third-order valence-electron chi connectivity index (χ3n) is 3.93. The van der Waals surface area contributed by atoms with Crippen LogP contribution in [0.25, 0.3) is 0 Å². The topological polar surface area (TPSA) is 87.6 Å². The molecular weight excluding hydrogens is 304 g/mol. The average Bonchev–Trinajstić information content (AvgIpc) is 3.08. The Morgan fingerprint density at radius 1 is 1.55 bits per heavy atom. The first-order valence-electron chi connectivity index (χ1n) is 7.30. The van der Waals surface area contributed by atoms with Gasteiger partial charge in [0.25, 0.3) is 0 Å². The minimum atomic E-state index is -0.390. The smallest absolute Gasteiger partial charge is 0.243 e. The van der Waals surface area contributed by atoms with E-state index in [4.69, 9.17) is 11.6 Å². The molecule has 0 radical (unpaired) electrons. The fourth-order valence-electron chi connectivity index (χ4n) is 2.72. The number of hydrogen-bond donors (Lipinski definition) is 3. The third-order valence-corrected chi connectivity index (χ3v) is 4.47. The number of amides is 1. The van der Waals surface area contributed by atoms with E-state index in [-0.39, 0.29) is 11.9 Å². The van der Waals surface area contributed by atoms with Crippen LogP contribution in [0.2, 0.25) is 5.02 Å². The molecule has 0 bridgehead atoms. The zero-order valence-corrected chi connectivity index (χ0v) is 13.4. The van der Waals surface area contributed by atoms with E-state index in [9.17, 15) is 4.79 Å². The standard InChI is InChI=1S/C14H19ClN6O/c1-8-11(15)9(2)21(20-8)6-5-17-14(22)13-12-10(3-4-16-13)18-7-19-12/h7,13,16H,3-6H2,1-2H3,(H,17,22)(H,18,19).